The molecule has 0 radical (unpaired) electrons. The average molecular weight is 947 g/mol. The Morgan fingerprint density at radius 1 is 0.842 bits per heavy atom. The van der Waals surface area contributed by atoms with Gasteiger partial charge < -0.3 is 42.3 Å². The number of carbonyl (C=O) groups excluding carboxylic acids is 3. The van der Waals surface area contributed by atoms with Crippen LogP contribution in [0.15, 0.2) is 72.8 Å². The number of aromatic hydroxyl groups is 1. The average Bonchev–Trinajstić information content (AvgIpc) is 3.14. The van der Waals surface area contributed by atoms with Crippen LogP contribution in [-0.2, 0) is 19.3 Å². The maximum atomic E-state index is 13.4. The van der Waals surface area contributed by atoms with Gasteiger partial charge in [-0.05, 0) is 87.4 Å². The van der Waals surface area contributed by atoms with Crippen LogP contribution in [0.25, 0.3) is 9.69 Å². The SMILES string of the molecule is O=CO[O-].Oc1ccc(Cl)c(F)c1.[C-]#[N+]c1ccc(NC(=O)[C@@](C)(O)CBr)cc1C.[C-]#[N+]c1ccc(NC(=O)[C@@](C)(O)COc2ccc(Cl)c(F)c2)cc1C.[H-].[K+].[K+]. The Morgan fingerprint density at radius 2 is 1.26 bits per heavy atom. The summed E-state index contributed by atoms with van der Waals surface area (Å²) in [6, 6.07) is 17.2. The van der Waals surface area contributed by atoms with E-state index in [9.17, 15) is 28.6 Å². The second kappa shape index (κ2) is 28.4. The van der Waals surface area contributed by atoms with Gasteiger partial charge in [0.25, 0.3) is 18.3 Å². The first-order chi connectivity index (χ1) is 25.7. The monoisotopic (exact) mass is 944 g/mol. The van der Waals surface area contributed by atoms with Gasteiger partial charge in [0, 0.05) is 28.8 Å². The molecule has 20 heteroatoms. The van der Waals surface area contributed by atoms with E-state index in [2.05, 4.69) is 41.1 Å². The van der Waals surface area contributed by atoms with E-state index in [1.165, 1.54) is 38.1 Å². The smallest absolute Gasteiger partial charge is 1.00 e. The number of anilines is 2. The number of nitrogens with zero attached hydrogens (tertiary/aromatic N) is 2. The van der Waals surface area contributed by atoms with Gasteiger partial charge in [-0.15, -0.1) is 0 Å². The van der Waals surface area contributed by atoms with Crippen molar-refractivity contribution in [1.29, 1.82) is 0 Å². The third kappa shape index (κ3) is 20.7. The second-order valence-corrected chi connectivity index (χ2v) is 12.8. The number of aliphatic hydroxyl groups is 2. The number of benzene rings is 4. The van der Waals surface area contributed by atoms with Crippen molar-refractivity contribution in [3.63, 3.8) is 0 Å². The molecule has 0 fully saturated rings. The van der Waals surface area contributed by atoms with Crippen molar-refractivity contribution in [2.45, 2.75) is 38.9 Å². The molecule has 0 saturated carbocycles. The van der Waals surface area contributed by atoms with E-state index in [1.54, 1.807) is 50.2 Å². The summed E-state index contributed by atoms with van der Waals surface area (Å²) in [7, 11) is 0. The normalized spacial score (nSPS) is 11.5. The number of halogens is 5. The van der Waals surface area contributed by atoms with Gasteiger partial charge in [-0.1, -0.05) is 51.3 Å². The van der Waals surface area contributed by atoms with Gasteiger partial charge in [-0.2, -0.15) is 0 Å². The van der Waals surface area contributed by atoms with Crippen LogP contribution in [0.5, 0.6) is 11.5 Å². The molecular formula is C37H35BrCl2F2K2N4O9. The van der Waals surface area contributed by atoms with Gasteiger partial charge in [0.05, 0.1) is 23.2 Å². The van der Waals surface area contributed by atoms with Crippen LogP contribution < -0.4 is 123 Å². The van der Waals surface area contributed by atoms with Crippen molar-refractivity contribution in [2.75, 3.05) is 22.6 Å². The number of aryl methyl sites for hydroxylation is 2. The van der Waals surface area contributed by atoms with E-state index in [4.69, 9.17) is 56.2 Å². The number of nitrogens with one attached hydrogen (secondary N) is 2. The van der Waals surface area contributed by atoms with Gasteiger partial charge in [0.15, 0.2) is 17.0 Å². The fourth-order valence-electron chi connectivity index (χ4n) is 3.65. The summed E-state index contributed by atoms with van der Waals surface area (Å²) in [6.07, 6.45) is 0. The van der Waals surface area contributed by atoms with Crippen molar-refractivity contribution < 1.29 is 158 Å². The number of phenolic OH excluding ortho intramolecular Hbond substituents is 1. The predicted octanol–water partition coefficient (Wildman–Crippen LogP) is 1.48. The molecule has 4 aromatic carbocycles. The minimum Gasteiger partial charge on any atom is -1.00 e. The van der Waals surface area contributed by atoms with E-state index < -0.39 is 34.7 Å². The molecule has 0 aliphatic carbocycles. The number of amides is 2. The summed E-state index contributed by atoms with van der Waals surface area (Å²) in [4.78, 5) is 41.9. The van der Waals surface area contributed by atoms with Gasteiger partial charge in [-0.25, -0.2) is 18.5 Å². The Kier molecular flexibility index (Phi) is 28.4. The Bertz CT molecular complexity index is 2060. The van der Waals surface area contributed by atoms with Crippen LogP contribution in [0.3, 0.4) is 0 Å². The summed E-state index contributed by atoms with van der Waals surface area (Å²) in [6.45, 7) is 19.6. The quantitative estimate of drug-likeness (QED) is 0.0414. The number of rotatable bonds is 9. The van der Waals surface area contributed by atoms with Crippen molar-refractivity contribution in [2.24, 2.45) is 0 Å². The van der Waals surface area contributed by atoms with Crippen LogP contribution in [0, 0.1) is 38.6 Å². The molecule has 0 aliphatic heterocycles. The molecule has 294 valence electrons. The molecule has 0 aliphatic rings. The zero-order chi connectivity index (χ0) is 41.9. The minimum absolute atomic E-state index is 0. The van der Waals surface area contributed by atoms with Crippen LogP contribution in [-0.4, -0.2) is 56.7 Å². The molecule has 4 rings (SSSR count). The summed E-state index contributed by atoms with van der Waals surface area (Å²) < 4.78 is 30.9. The summed E-state index contributed by atoms with van der Waals surface area (Å²) >= 11 is 13.9. The van der Waals surface area contributed by atoms with E-state index in [0.717, 1.165) is 17.7 Å². The van der Waals surface area contributed by atoms with Crippen molar-refractivity contribution in [1.82, 2.24) is 0 Å². The third-order valence-electron chi connectivity index (χ3n) is 6.74. The van der Waals surface area contributed by atoms with Gasteiger partial charge >= 0.3 is 103 Å². The minimum atomic E-state index is -1.84. The molecule has 2 amide bonds. The topological polar surface area (TPSA) is 186 Å². The number of carbonyl (C=O) groups is 3. The summed E-state index contributed by atoms with van der Waals surface area (Å²) in [5.74, 6) is -2.39. The molecule has 0 bridgehead atoms. The first-order valence-corrected chi connectivity index (χ1v) is 17.2. The van der Waals surface area contributed by atoms with Crippen molar-refractivity contribution in [3.05, 3.63) is 128 Å². The molecule has 0 spiro atoms. The Labute approximate surface area is 433 Å². The predicted molar refractivity (Wildman–Crippen MR) is 205 cm³/mol. The van der Waals surface area contributed by atoms with Crippen molar-refractivity contribution in [3.8, 4) is 11.5 Å². The number of ether oxygens (including phenoxy) is 1. The van der Waals surface area contributed by atoms with Crippen LogP contribution in [0.4, 0.5) is 31.5 Å². The zero-order valence-electron chi connectivity index (χ0n) is 32.5. The molecular weight excluding hydrogens is 911 g/mol. The molecule has 0 unspecified atom stereocenters. The van der Waals surface area contributed by atoms with Crippen LogP contribution in [0.2, 0.25) is 10.0 Å². The molecule has 0 aromatic heterocycles. The van der Waals surface area contributed by atoms with E-state index in [-0.39, 0.29) is 144 Å². The fraction of sp³-hybridized carbons (Fsp3) is 0.216. The van der Waals surface area contributed by atoms with Gasteiger partial charge in [-0.3, -0.25) is 14.4 Å². The zero-order valence-corrected chi connectivity index (χ0v) is 40.8. The van der Waals surface area contributed by atoms with Crippen molar-refractivity contribution >= 4 is 80.2 Å². The third-order valence-corrected chi connectivity index (χ3v) is 8.45. The Hall–Kier alpha value is -2.06. The van der Waals surface area contributed by atoms with Gasteiger partial charge in [0.1, 0.15) is 35.3 Å². The molecule has 2 atom stereocenters. The Morgan fingerprint density at radius 3 is 1.61 bits per heavy atom. The van der Waals surface area contributed by atoms with E-state index in [1.807, 2.05) is 0 Å². The molecule has 13 nitrogen and oxygen atoms in total. The van der Waals surface area contributed by atoms with Crippen LogP contribution >= 0.6 is 39.1 Å². The van der Waals surface area contributed by atoms with Crippen LogP contribution in [0.1, 0.15) is 26.4 Å². The molecule has 5 N–H and O–H groups in total. The maximum Gasteiger partial charge on any atom is 1.00 e. The number of hydrogen-bond acceptors (Lipinski definition) is 9. The first-order valence-electron chi connectivity index (χ1n) is 15.3. The molecule has 0 saturated heterocycles. The van der Waals surface area contributed by atoms with Gasteiger partial charge in [0.2, 0.25) is 0 Å². The van der Waals surface area contributed by atoms with E-state index in [0.29, 0.717) is 28.3 Å². The van der Waals surface area contributed by atoms with E-state index >= 15 is 0 Å². The fourth-order valence-corrected chi connectivity index (χ4v) is 4.14. The largest absolute Gasteiger partial charge is 1.00 e. The number of hydrogen-bond donors (Lipinski definition) is 5. The molecule has 0 heterocycles. The molecule has 4 aromatic rings. The number of alkyl halides is 1. The maximum absolute atomic E-state index is 13.4. The first kappa shape index (κ1) is 57.0. The summed E-state index contributed by atoms with van der Waals surface area (Å²) in [5, 5.41) is 42.4. The standard InChI is InChI=1S/C18H16ClFN2O3.C12H13BrN2O2.C6H4ClFO.CH2O3.2K.H/c1-11-8-12(4-7-16(11)21-3)22-17(23)18(2,24)10-25-13-5-6-14(19)15(20)9-13;1-8-6-9(4-5-10(8)14-3)15-11(16)12(2,17)7-13;7-5-2-1-4(9)3-6(5)8;2-1-4-3;;;/h4-9,24H,10H2,1-2H3,(H,22,23);4-6,17H,7H2,1-2H3,(H,15,16);1-3,9H;1,3H;;;/q;;;;2*+1;-1/p-1/t18-;12-;;;;;/m00...../s1. The Balaban J connectivity index is -0.000000793. The molecule has 57 heavy (non-hydrogen) atoms. The number of phenols is 1. The summed E-state index contributed by atoms with van der Waals surface area (Å²) in [5.41, 5.74) is 0.257. The second-order valence-electron chi connectivity index (χ2n) is 11.5.